The van der Waals surface area contributed by atoms with Crippen LogP contribution in [0.25, 0.3) is 0 Å². The predicted octanol–water partition coefficient (Wildman–Crippen LogP) is 4.04. The summed E-state index contributed by atoms with van der Waals surface area (Å²) in [6.07, 6.45) is 2.68. The zero-order valence-electron chi connectivity index (χ0n) is 17.9. The third kappa shape index (κ3) is 4.11. The zero-order chi connectivity index (χ0) is 21.9. The third-order valence-corrected chi connectivity index (χ3v) is 6.58. The maximum atomic E-state index is 13.4. The van der Waals surface area contributed by atoms with Crippen LogP contribution < -0.4 is 15.5 Å². The van der Waals surface area contributed by atoms with Crippen LogP contribution in [0.2, 0.25) is 0 Å². The first-order valence-corrected chi connectivity index (χ1v) is 11.2. The Balaban J connectivity index is 1.32. The maximum absolute atomic E-state index is 13.4. The van der Waals surface area contributed by atoms with Crippen molar-refractivity contribution in [2.75, 3.05) is 11.4 Å². The number of nitrogens with one attached hydrogen (secondary N) is 2. The van der Waals surface area contributed by atoms with Gasteiger partial charge in [-0.3, -0.25) is 4.79 Å². The number of rotatable bonds is 4. The molecule has 5 nitrogen and oxygen atoms in total. The lowest BCUT2D eigenvalue weighted by molar-refractivity contribution is -0.118. The van der Waals surface area contributed by atoms with Crippen molar-refractivity contribution in [3.8, 4) is 0 Å². The Morgan fingerprint density at radius 2 is 1.47 bits per heavy atom. The number of urea groups is 1. The third-order valence-electron chi connectivity index (χ3n) is 6.58. The first-order valence-electron chi connectivity index (χ1n) is 11.2. The molecule has 0 saturated carbocycles. The SMILES string of the molecule is O=C(NC1CCc2ccccc2C1)N[C@@H]1C(=O)N(c2ccccc2)C[C@H]1c1ccccc1. The van der Waals surface area contributed by atoms with Crippen LogP contribution in [0.1, 0.15) is 29.0 Å². The van der Waals surface area contributed by atoms with Crippen molar-refractivity contribution in [1.82, 2.24) is 10.6 Å². The molecule has 3 amide bonds. The van der Waals surface area contributed by atoms with Gasteiger partial charge in [0.05, 0.1) is 0 Å². The fraction of sp³-hybridized carbons (Fsp3) is 0.259. The summed E-state index contributed by atoms with van der Waals surface area (Å²) in [5.41, 5.74) is 4.56. The Bertz CT molecular complexity index is 1100. The average Bonchev–Trinajstić information content (AvgIpc) is 3.16. The monoisotopic (exact) mass is 425 g/mol. The van der Waals surface area contributed by atoms with Crippen molar-refractivity contribution in [3.63, 3.8) is 0 Å². The topological polar surface area (TPSA) is 61.4 Å². The number of hydrogen-bond donors (Lipinski definition) is 2. The first-order chi connectivity index (χ1) is 15.7. The van der Waals surface area contributed by atoms with Crippen LogP contribution in [0.5, 0.6) is 0 Å². The van der Waals surface area contributed by atoms with Crippen molar-refractivity contribution in [1.29, 1.82) is 0 Å². The van der Waals surface area contributed by atoms with Crippen LogP contribution in [0.4, 0.5) is 10.5 Å². The molecule has 2 aliphatic rings. The van der Waals surface area contributed by atoms with Crippen molar-refractivity contribution in [2.24, 2.45) is 0 Å². The number of benzene rings is 3. The van der Waals surface area contributed by atoms with Gasteiger partial charge in [0.1, 0.15) is 6.04 Å². The van der Waals surface area contributed by atoms with E-state index in [1.807, 2.05) is 66.7 Å². The fourth-order valence-corrected chi connectivity index (χ4v) is 4.92. The van der Waals surface area contributed by atoms with Crippen LogP contribution in [0.15, 0.2) is 84.9 Å². The van der Waals surface area contributed by atoms with E-state index < -0.39 is 6.04 Å². The number of para-hydroxylation sites is 1. The summed E-state index contributed by atoms with van der Waals surface area (Å²) in [6.45, 7) is 0.536. The molecule has 5 heteroatoms. The van der Waals surface area contributed by atoms with Crippen molar-refractivity contribution in [2.45, 2.75) is 37.3 Å². The lowest BCUT2D eigenvalue weighted by Crippen LogP contribution is -2.51. The molecule has 1 fully saturated rings. The van der Waals surface area contributed by atoms with E-state index in [2.05, 4.69) is 28.8 Å². The van der Waals surface area contributed by atoms with Gasteiger partial charge in [0, 0.05) is 24.2 Å². The molecule has 0 bridgehead atoms. The van der Waals surface area contributed by atoms with E-state index >= 15 is 0 Å². The van der Waals surface area contributed by atoms with E-state index in [-0.39, 0.29) is 23.9 Å². The van der Waals surface area contributed by atoms with Gasteiger partial charge in [0.25, 0.3) is 0 Å². The lowest BCUT2D eigenvalue weighted by Gasteiger charge is -2.27. The highest BCUT2D eigenvalue weighted by Crippen LogP contribution is 2.32. The van der Waals surface area contributed by atoms with Gasteiger partial charge < -0.3 is 15.5 Å². The molecule has 0 spiro atoms. The van der Waals surface area contributed by atoms with Gasteiger partial charge in [-0.25, -0.2) is 4.79 Å². The maximum Gasteiger partial charge on any atom is 0.315 e. The summed E-state index contributed by atoms with van der Waals surface area (Å²) in [4.78, 5) is 28.1. The second kappa shape index (κ2) is 8.87. The molecule has 3 aromatic carbocycles. The summed E-state index contributed by atoms with van der Waals surface area (Å²) >= 11 is 0. The molecule has 3 aromatic rings. The van der Waals surface area contributed by atoms with E-state index in [1.165, 1.54) is 11.1 Å². The molecule has 5 rings (SSSR count). The summed E-state index contributed by atoms with van der Waals surface area (Å²) in [5, 5.41) is 6.12. The summed E-state index contributed by atoms with van der Waals surface area (Å²) in [6, 6.07) is 27.2. The molecule has 1 heterocycles. The van der Waals surface area contributed by atoms with E-state index in [0.29, 0.717) is 6.54 Å². The largest absolute Gasteiger partial charge is 0.335 e. The van der Waals surface area contributed by atoms with Crippen LogP contribution in [0.3, 0.4) is 0 Å². The van der Waals surface area contributed by atoms with E-state index in [4.69, 9.17) is 0 Å². The van der Waals surface area contributed by atoms with Gasteiger partial charge in [0.15, 0.2) is 0 Å². The molecule has 1 unspecified atom stereocenters. The van der Waals surface area contributed by atoms with Crippen LogP contribution in [0, 0.1) is 0 Å². The molecule has 3 atom stereocenters. The number of fused-ring (bicyclic) bond motifs is 1. The van der Waals surface area contributed by atoms with Crippen LogP contribution in [-0.2, 0) is 17.6 Å². The minimum absolute atomic E-state index is 0.0711. The Kier molecular flexibility index (Phi) is 5.63. The second-order valence-corrected chi connectivity index (χ2v) is 8.61. The van der Waals surface area contributed by atoms with Gasteiger partial charge in [-0.15, -0.1) is 0 Å². The van der Waals surface area contributed by atoms with Crippen molar-refractivity contribution >= 4 is 17.6 Å². The summed E-state index contributed by atoms with van der Waals surface area (Å²) < 4.78 is 0. The smallest absolute Gasteiger partial charge is 0.315 e. The van der Waals surface area contributed by atoms with Crippen molar-refractivity contribution in [3.05, 3.63) is 102 Å². The molecular formula is C27H27N3O2. The Labute approximate surface area is 188 Å². The Morgan fingerprint density at radius 3 is 2.22 bits per heavy atom. The van der Waals surface area contributed by atoms with Gasteiger partial charge in [0.2, 0.25) is 5.91 Å². The molecule has 1 aliphatic heterocycles. The van der Waals surface area contributed by atoms with Gasteiger partial charge in [-0.1, -0.05) is 72.8 Å². The summed E-state index contributed by atoms with van der Waals surface area (Å²) in [7, 11) is 0. The van der Waals surface area contributed by atoms with E-state index in [0.717, 1.165) is 30.5 Å². The standard InChI is InChI=1S/C27H27N3O2/c31-26-25(29-27(32)28-22-16-15-19-9-7-8-12-21(19)17-22)24(20-10-3-1-4-11-20)18-30(26)23-13-5-2-6-14-23/h1-14,22,24-25H,15-18H2,(H2,28,29,32)/t22?,24-,25-/m0/s1. The molecule has 162 valence electrons. The minimum Gasteiger partial charge on any atom is -0.335 e. The number of aryl methyl sites for hydroxylation is 1. The van der Waals surface area contributed by atoms with Gasteiger partial charge >= 0.3 is 6.03 Å². The lowest BCUT2D eigenvalue weighted by atomic mass is 9.88. The van der Waals surface area contributed by atoms with E-state index in [1.54, 1.807) is 4.90 Å². The quantitative estimate of drug-likeness (QED) is 0.663. The molecule has 2 N–H and O–H groups in total. The Morgan fingerprint density at radius 1 is 0.812 bits per heavy atom. The average molecular weight is 426 g/mol. The molecule has 1 saturated heterocycles. The Hall–Kier alpha value is -3.60. The van der Waals surface area contributed by atoms with Gasteiger partial charge in [-0.2, -0.15) is 0 Å². The molecular weight excluding hydrogens is 398 g/mol. The number of carbonyl (C=O) groups excluding carboxylic acids is 2. The number of anilines is 1. The number of carbonyl (C=O) groups is 2. The fourth-order valence-electron chi connectivity index (χ4n) is 4.92. The highest BCUT2D eigenvalue weighted by Gasteiger charge is 2.42. The highest BCUT2D eigenvalue weighted by molar-refractivity contribution is 6.02. The van der Waals surface area contributed by atoms with Crippen LogP contribution in [-0.4, -0.2) is 30.6 Å². The normalized spacial score (nSPS) is 22.3. The van der Waals surface area contributed by atoms with Crippen molar-refractivity contribution < 1.29 is 9.59 Å². The highest BCUT2D eigenvalue weighted by atomic mass is 16.2. The predicted molar refractivity (Wildman–Crippen MR) is 126 cm³/mol. The molecule has 0 radical (unpaired) electrons. The zero-order valence-corrected chi connectivity index (χ0v) is 17.9. The first kappa shape index (κ1) is 20.3. The summed E-state index contributed by atoms with van der Waals surface area (Å²) in [5.74, 6) is -0.184. The number of hydrogen-bond acceptors (Lipinski definition) is 2. The van der Waals surface area contributed by atoms with E-state index in [9.17, 15) is 9.59 Å². The van der Waals surface area contributed by atoms with Gasteiger partial charge in [-0.05, 0) is 48.1 Å². The molecule has 1 aliphatic carbocycles. The second-order valence-electron chi connectivity index (χ2n) is 8.61. The molecule has 0 aromatic heterocycles. The minimum atomic E-state index is -0.603. The number of amides is 3. The number of nitrogens with zero attached hydrogens (tertiary/aromatic N) is 1. The molecule has 32 heavy (non-hydrogen) atoms. The van der Waals surface area contributed by atoms with Crippen LogP contribution >= 0.6 is 0 Å².